The fourth-order valence-electron chi connectivity index (χ4n) is 5.63. The third-order valence-electron chi connectivity index (χ3n) is 8.01. The van der Waals surface area contributed by atoms with Crippen molar-refractivity contribution in [1.29, 1.82) is 0 Å². The van der Waals surface area contributed by atoms with Crippen LogP contribution in [-0.4, -0.2) is 34.4 Å². The van der Waals surface area contributed by atoms with Crippen LogP contribution in [0.15, 0.2) is 97.3 Å². The maximum Gasteiger partial charge on any atom is 0.235 e. The minimum Gasteiger partial charge on any atom is -0.295 e. The predicted octanol–water partition coefficient (Wildman–Crippen LogP) is 5.85. The number of fused-ring (bicyclic) bond motifs is 1. The lowest BCUT2D eigenvalue weighted by atomic mass is 9.83. The fourth-order valence-corrected chi connectivity index (χ4v) is 5.63. The van der Waals surface area contributed by atoms with Crippen LogP contribution in [0.5, 0.6) is 0 Å². The molecule has 3 fully saturated rings. The molecule has 0 N–H and O–H groups in total. The van der Waals surface area contributed by atoms with E-state index in [4.69, 9.17) is 0 Å². The number of benzene rings is 2. The zero-order chi connectivity index (χ0) is 29.8. The first-order valence-corrected chi connectivity index (χ1v) is 14.6. The monoisotopic (exact) mass is 564 g/mol. The van der Waals surface area contributed by atoms with Gasteiger partial charge in [0, 0.05) is 47.2 Å². The van der Waals surface area contributed by atoms with E-state index in [9.17, 15) is 9.59 Å². The number of hydrogen-bond acceptors (Lipinski definition) is 4. The van der Waals surface area contributed by atoms with Gasteiger partial charge >= 0.3 is 0 Å². The van der Waals surface area contributed by atoms with E-state index in [1.54, 1.807) is 17.3 Å². The third-order valence-corrected chi connectivity index (χ3v) is 8.01. The summed E-state index contributed by atoms with van der Waals surface area (Å²) in [7, 11) is 0. The Bertz CT molecular complexity index is 1740. The van der Waals surface area contributed by atoms with Gasteiger partial charge in [-0.15, -0.1) is 0 Å². The molecule has 1 aliphatic carbocycles. The molecule has 3 aliphatic rings. The molecular formula is C37H32N4O2. The molecule has 4 heterocycles. The van der Waals surface area contributed by atoms with E-state index in [1.807, 2.05) is 104 Å². The van der Waals surface area contributed by atoms with E-state index >= 15 is 0 Å². The number of anilines is 2. The molecule has 0 bridgehead atoms. The molecule has 2 aliphatic heterocycles. The molecule has 0 spiro atoms. The molecule has 1 saturated carbocycles. The summed E-state index contributed by atoms with van der Waals surface area (Å²) in [4.78, 5) is 36.3. The van der Waals surface area contributed by atoms with Gasteiger partial charge in [0.05, 0.1) is 11.3 Å². The summed E-state index contributed by atoms with van der Waals surface area (Å²) in [6, 6.07) is 27.7. The first-order chi connectivity index (χ1) is 20.9. The SMILES string of the molecule is CC1(C)CN(c2ccc(C#Cc3ccccc3)cn2)C1=O.O=C1C2CCCC2N1c1ccc(C#Cc2ccccc2)cn1. The highest BCUT2D eigenvalue weighted by Crippen LogP contribution is 2.42. The van der Waals surface area contributed by atoms with Crippen LogP contribution in [0.3, 0.4) is 0 Å². The smallest absolute Gasteiger partial charge is 0.235 e. The average molecular weight is 565 g/mol. The molecule has 2 amide bonds. The molecule has 2 atom stereocenters. The van der Waals surface area contributed by atoms with E-state index in [1.165, 1.54) is 0 Å². The molecule has 2 aromatic carbocycles. The first-order valence-electron chi connectivity index (χ1n) is 14.6. The van der Waals surface area contributed by atoms with Crippen LogP contribution in [0, 0.1) is 35.0 Å². The molecule has 6 heteroatoms. The molecule has 0 radical (unpaired) electrons. The number of rotatable bonds is 2. The van der Waals surface area contributed by atoms with E-state index in [0.29, 0.717) is 18.4 Å². The maximum absolute atomic E-state index is 12.1. The lowest BCUT2D eigenvalue weighted by Gasteiger charge is -2.43. The Hall–Kier alpha value is -5.20. The Morgan fingerprint density at radius 3 is 1.70 bits per heavy atom. The third kappa shape index (κ3) is 6.05. The molecular weight excluding hydrogens is 532 g/mol. The van der Waals surface area contributed by atoms with Gasteiger partial charge in [0.25, 0.3) is 0 Å². The molecule has 2 aromatic heterocycles. The van der Waals surface area contributed by atoms with Gasteiger partial charge in [0.2, 0.25) is 11.8 Å². The number of hydrogen-bond donors (Lipinski definition) is 0. The van der Waals surface area contributed by atoms with Crippen LogP contribution >= 0.6 is 0 Å². The fraction of sp³-hybridized carbons (Fsp3) is 0.243. The Kier molecular flexibility index (Phi) is 7.77. The topological polar surface area (TPSA) is 66.4 Å². The predicted molar refractivity (Wildman–Crippen MR) is 168 cm³/mol. The van der Waals surface area contributed by atoms with E-state index in [0.717, 1.165) is 47.3 Å². The highest BCUT2D eigenvalue weighted by atomic mass is 16.2. The quantitative estimate of drug-likeness (QED) is 0.226. The highest BCUT2D eigenvalue weighted by molar-refractivity contribution is 6.03. The highest BCUT2D eigenvalue weighted by Gasteiger charge is 2.50. The standard InChI is InChI=1S/C19H16N2O.C18H16N2O/c22-19-16-7-4-8-17(16)21(19)18-12-11-15(13-20-18)10-9-14-5-2-1-3-6-14;1-18(2)13-20(17(18)21)16-11-10-15(12-19-16)9-8-14-6-4-3-5-7-14/h1-3,5-6,11-13,16-17H,4,7-8H2;3-7,10-12H,13H2,1-2H3. The summed E-state index contributed by atoms with van der Waals surface area (Å²) in [6.07, 6.45) is 6.76. The van der Waals surface area contributed by atoms with Crippen molar-refractivity contribution in [2.24, 2.45) is 11.3 Å². The zero-order valence-corrected chi connectivity index (χ0v) is 24.3. The number of aromatic nitrogens is 2. The van der Waals surface area contributed by atoms with Gasteiger partial charge in [-0.1, -0.05) is 66.5 Å². The van der Waals surface area contributed by atoms with E-state index < -0.39 is 0 Å². The van der Waals surface area contributed by atoms with Gasteiger partial charge in [-0.3, -0.25) is 19.4 Å². The van der Waals surface area contributed by atoms with Gasteiger partial charge in [-0.25, -0.2) is 9.97 Å². The van der Waals surface area contributed by atoms with Crippen molar-refractivity contribution in [1.82, 2.24) is 9.97 Å². The van der Waals surface area contributed by atoms with Gasteiger partial charge in [0.1, 0.15) is 11.6 Å². The maximum atomic E-state index is 12.1. The van der Waals surface area contributed by atoms with Crippen LogP contribution in [-0.2, 0) is 9.59 Å². The number of amides is 2. The van der Waals surface area contributed by atoms with E-state index in [-0.39, 0.29) is 23.1 Å². The Labute approximate surface area is 252 Å². The minimum absolute atomic E-state index is 0.123. The average Bonchev–Trinajstić information content (AvgIpc) is 3.48. The molecule has 7 rings (SSSR count). The summed E-state index contributed by atoms with van der Waals surface area (Å²) < 4.78 is 0. The second-order valence-corrected chi connectivity index (χ2v) is 11.6. The van der Waals surface area contributed by atoms with Crippen LogP contribution in [0.2, 0.25) is 0 Å². The molecule has 2 unspecified atom stereocenters. The number of nitrogens with zero attached hydrogens (tertiary/aromatic N) is 4. The van der Waals surface area contributed by atoms with Crippen molar-refractivity contribution in [3.63, 3.8) is 0 Å². The number of pyridine rings is 2. The van der Waals surface area contributed by atoms with Gasteiger partial charge in [-0.05, 0) is 75.2 Å². The minimum atomic E-state index is -0.256. The zero-order valence-electron chi connectivity index (χ0n) is 24.3. The lowest BCUT2D eigenvalue weighted by Crippen LogP contribution is -2.59. The van der Waals surface area contributed by atoms with Crippen LogP contribution in [0.25, 0.3) is 0 Å². The van der Waals surface area contributed by atoms with E-state index in [2.05, 4.69) is 33.6 Å². The first kappa shape index (κ1) is 27.9. The lowest BCUT2D eigenvalue weighted by molar-refractivity contribution is -0.132. The van der Waals surface area contributed by atoms with Crippen molar-refractivity contribution in [2.75, 3.05) is 16.3 Å². The summed E-state index contributed by atoms with van der Waals surface area (Å²) in [5.41, 5.74) is 3.41. The number of carbonyl (C=O) groups is 2. The van der Waals surface area contributed by atoms with Crippen molar-refractivity contribution in [3.05, 3.63) is 120 Å². The van der Waals surface area contributed by atoms with Crippen LogP contribution < -0.4 is 9.80 Å². The summed E-state index contributed by atoms with van der Waals surface area (Å²) in [5.74, 6) is 14.4. The van der Waals surface area contributed by atoms with Crippen LogP contribution in [0.4, 0.5) is 11.6 Å². The second-order valence-electron chi connectivity index (χ2n) is 11.6. The normalized spacial score (nSPS) is 19.3. The molecule has 6 nitrogen and oxygen atoms in total. The molecule has 4 aromatic rings. The largest absolute Gasteiger partial charge is 0.295 e. The Balaban J connectivity index is 0.000000153. The number of β-lactam (4-membered cyclic amide) rings is 2. The molecule has 43 heavy (non-hydrogen) atoms. The molecule has 2 saturated heterocycles. The van der Waals surface area contributed by atoms with Crippen molar-refractivity contribution in [2.45, 2.75) is 39.2 Å². The Morgan fingerprint density at radius 2 is 1.21 bits per heavy atom. The summed E-state index contributed by atoms with van der Waals surface area (Å²) in [6.45, 7) is 4.62. The van der Waals surface area contributed by atoms with Gasteiger partial charge in [-0.2, -0.15) is 0 Å². The summed E-state index contributed by atoms with van der Waals surface area (Å²) in [5, 5.41) is 0. The van der Waals surface area contributed by atoms with Gasteiger partial charge < -0.3 is 0 Å². The van der Waals surface area contributed by atoms with Gasteiger partial charge in [0.15, 0.2) is 0 Å². The molecule has 212 valence electrons. The van der Waals surface area contributed by atoms with Crippen molar-refractivity contribution in [3.8, 4) is 23.7 Å². The van der Waals surface area contributed by atoms with Crippen molar-refractivity contribution < 1.29 is 9.59 Å². The summed E-state index contributed by atoms with van der Waals surface area (Å²) >= 11 is 0. The van der Waals surface area contributed by atoms with Crippen LogP contribution in [0.1, 0.15) is 55.4 Å². The second kappa shape index (κ2) is 12.0. The Morgan fingerprint density at radius 1 is 0.674 bits per heavy atom. The van der Waals surface area contributed by atoms with Crippen molar-refractivity contribution >= 4 is 23.5 Å². The number of carbonyl (C=O) groups excluding carboxylic acids is 2.